The minimum Gasteiger partial charge on any atom is -0.449 e. The molecular formula is C20H17FN2O4S. The van der Waals surface area contributed by atoms with Crippen LogP contribution >= 0.6 is 11.3 Å². The number of ether oxygens (including phenoxy) is 1. The van der Waals surface area contributed by atoms with Gasteiger partial charge in [0.2, 0.25) is 5.76 Å². The lowest BCUT2D eigenvalue weighted by Gasteiger charge is -2.11. The summed E-state index contributed by atoms with van der Waals surface area (Å²) in [6.07, 6.45) is -0.815. The number of aromatic nitrogens is 2. The van der Waals surface area contributed by atoms with E-state index in [9.17, 15) is 14.0 Å². The minimum absolute atomic E-state index is 0.0112. The Morgan fingerprint density at radius 3 is 2.75 bits per heavy atom. The van der Waals surface area contributed by atoms with E-state index in [0.29, 0.717) is 21.2 Å². The maximum atomic E-state index is 13.9. The summed E-state index contributed by atoms with van der Waals surface area (Å²) >= 11 is 1.41. The van der Waals surface area contributed by atoms with Crippen molar-refractivity contribution < 1.29 is 18.3 Å². The maximum absolute atomic E-state index is 13.9. The highest BCUT2D eigenvalue weighted by Crippen LogP contribution is 2.30. The number of furan rings is 1. The number of para-hydroxylation sites is 1. The average Bonchev–Trinajstić information content (AvgIpc) is 3.13. The number of aryl methyl sites for hydroxylation is 3. The van der Waals surface area contributed by atoms with Crippen LogP contribution in [0.5, 0.6) is 0 Å². The molecule has 0 spiro atoms. The van der Waals surface area contributed by atoms with Gasteiger partial charge in [-0.1, -0.05) is 12.1 Å². The third-order valence-electron chi connectivity index (χ3n) is 4.83. The fourth-order valence-electron chi connectivity index (χ4n) is 3.14. The van der Waals surface area contributed by atoms with Crippen LogP contribution in [0.15, 0.2) is 27.4 Å². The maximum Gasteiger partial charge on any atom is 0.375 e. The van der Waals surface area contributed by atoms with E-state index in [2.05, 4.69) is 9.97 Å². The molecule has 3 heterocycles. The number of fused-ring (bicyclic) bond motifs is 2. The molecule has 0 saturated carbocycles. The van der Waals surface area contributed by atoms with Gasteiger partial charge in [0.05, 0.1) is 5.39 Å². The van der Waals surface area contributed by atoms with Crippen LogP contribution in [0.2, 0.25) is 0 Å². The van der Waals surface area contributed by atoms with Crippen molar-refractivity contribution >= 4 is 38.5 Å². The second-order valence-electron chi connectivity index (χ2n) is 6.63. The lowest BCUT2D eigenvalue weighted by molar-refractivity contribution is 0.0285. The van der Waals surface area contributed by atoms with Gasteiger partial charge in [-0.2, -0.15) is 0 Å². The van der Waals surface area contributed by atoms with E-state index in [-0.39, 0.29) is 22.7 Å². The van der Waals surface area contributed by atoms with Gasteiger partial charge < -0.3 is 14.1 Å². The molecule has 0 saturated heterocycles. The summed E-state index contributed by atoms with van der Waals surface area (Å²) in [5.41, 5.74) is 1.13. The van der Waals surface area contributed by atoms with Gasteiger partial charge >= 0.3 is 5.97 Å². The number of benzene rings is 1. The van der Waals surface area contributed by atoms with Gasteiger partial charge in [-0.05, 0) is 39.3 Å². The number of aromatic amines is 1. The summed E-state index contributed by atoms with van der Waals surface area (Å²) in [5, 5.41) is 1.06. The Hall–Kier alpha value is -3.00. The van der Waals surface area contributed by atoms with Crippen LogP contribution in [-0.4, -0.2) is 15.9 Å². The van der Waals surface area contributed by atoms with Crippen LogP contribution in [0.25, 0.3) is 21.2 Å². The van der Waals surface area contributed by atoms with E-state index >= 15 is 0 Å². The topological polar surface area (TPSA) is 85.2 Å². The molecular weight excluding hydrogens is 383 g/mol. The molecule has 28 heavy (non-hydrogen) atoms. The zero-order chi connectivity index (χ0) is 20.2. The van der Waals surface area contributed by atoms with E-state index in [1.807, 2.05) is 13.8 Å². The predicted octanol–water partition coefficient (Wildman–Crippen LogP) is 4.71. The molecule has 1 unspecified atom stereocenters. The van der Waals surface area contributed by atoms with E-state index in [0.717, 1.165) is 10.4 Å². The Bertz CT molecular complexity index is 1300. The first-order valence-electron chi connectivity index (χ1n) is 8.66. The Kier molecular flexibility index (Phi) is 4.30. The number of carbonyl (C=O) groups is 1. The summed E-state index contributed by atoms with van der Waals surface area (Å²) < 4.78 is 24.7. The van der Waals surface area contributed by atoms with Crippen molar-refractivity contribution in [3.05, 3.63) is 62.0 Å². The number of nitrogens with one attached hydrogen (secondary N) is 1. The van der Waals surface area contributed by atoms with Crippen LogP contribution in [0, 0.1) is 26.6 Å². The number of carbonyl (C=O) groups excluding carboxylic acids is 1. The highest BCUT2D eigenvalue weighted by Gasteiger charge is 2.24. The Morgan fingerprint density at radius 2 is 2.04 bits per heavy atom. The fraction of sp³-hybridized carbons (Fsp3) is 0.250. The normalized spacial score (nSPS) is 12.6. The number of rotatable bonds is 3. The van der Waals surface area contributed by atoms with Crippen molar-refractivity contribution in [2.45, 2.75) is 33.8 Å². The Morgan fingerprint density at radius 1 is 1.29 bits per heavy atom. The lowest BCUT2D eigenvalue weighted by atomic mass is 10.1. The zero-order valence-corrected chi connectivity index (χ0v) is 16.5. The van der Waals surface area contributed by atoms with E-state index in [1.54, 1.807) is 26.0 Å². The monoisotopic (exact) mass is 400 g/mol. The Labute approximate surface area is 163 Å². The summed E-state index contributed by atoms with van der Waals surface area (Å²) in [7, 11) is 0. The van der Waals surface area contributed by atoms with Crippen molar-refractivity contribution in [2.24, 2.45) is 0 Å². The largest absolute Gasteiger partial charge is 0.449 e. The van der Waals surface area contributed by atoms with Gasteiger partial charge in [0.1, 0.15) is 4.83 Å². The molecule has 0 aliphatic carbocycles. The standard InChI is InChI=1S/C20H17FN2O4S/c1-8-11(4)28-19-14(8)18(24)22-17(23-19)10(3)26-20(25)15-9(2)12-6-5-7-13(21)16(12)27-15/h5-7,10H,1-4H3,(H,22,23,24). The van der Waals surface area contributed by atoms with Gasteiger partial charge in [-0.15, -0.1) is 11.3 Å². The van der Waals surface area contributed by atoms with Gasteiger partial charge in [-0.3, -0.25) is 4.79 Å². The lowest BCUT2D eigenvalue weighted by Crippen LogP contribution is -2.17. The Balaban J connectivity index is 1.67. The first-order chi connectivity index (χ1) is 13.3. The third-order valence-corrected chi connectivity index (χ3v) is 5.93. The number of hydrogen-bond acceptors (Lipinski definition) is 6. The first-order valence-corrected chi connectivity index (χ1v) is 9.48. The van der Waals surface area contributed by atoms with Crippen molar-refractivity contribution in [1.29, 1.82) is 0 Å². The molecule has 4 aromatic rings. The van der Waals surface area contributed by atoms with Crippen LogP contribution < -0.4 is 5.56 Å². The van der Waals surface area contributed by atoms with Crippen LogP contribution in [0.1, 0.15) is 45.4 Å². The molecule has 0 amide bonds. The molecule has 144 valence electrons. The fourth-order valence-corrected chi connectivity index (χ4v) is 4.17. The van der Waals surface area contributed by atoms with E-state index in [1.165, 1.54) is 17.4 Å². The molecule has 1 aromatic carbocycles. The van der Waals surface area contributed by atoms with Crippen molar-refractivity contribution in [3.8, 4) is 0 Å². The highest BCUT2D eigenvalue weighted by molar-refractivity contribution is 7.18. The second-order valence-corrected chi connectivity index (χ2v) is 7.84. The smallest absolute Gasteiger partial charge is 0.375 e. The summed E-state index contributed by atoms with van der Waals surface area (Å²) in [6.45, 7) is 7.06. The number of esters is 1. The van der Waals surface area contributed by atoms with Crippen molar-refractivity contribution in [2.75, 3.05) is 0 Å². The summed E-state index contributed by atoms with van der Waals surface area (Å²) in [4.78, 5) is 33.7. The predicted molar refractivity (Wildman–Crippen MR) is 104 cm³/mol. The summed E-state index contributed by atoms with van der Waals surface area (Å²) in [6, 6.07) is 4.48. The molecule has 6 nitrogen and oxygen atoms in total. The van der Waals surface area contributed by atoms with Gasteiger partial charge in [0.25, 0.3) is 5.56 Å². The third kappa shape index (κ3) is 2.80. The van der Waals surface area contributed by atoms with E-state index < -0.39 is 17.9 Å². The highest BCUT2D eigenvalue weighted by atomic mass is 32.1. The van der Waals surface area contributed by atoms with Gasteiger partial charge in [0.15, 0.2) is 23.3 Å². The molecule has 1 atom stereocenters. The molecule has 0 radical (unpaired) electrons. The molecule has 8 heteroatoms. The number of thiophene rings is 1. The van der Waals surface area contributed by atoms with Crippen LogP contribution in [0.3, 0.4) is 0 Å². The van der Waals surface area contributed by atoms with E-state index in [4.69, 9.17) is 9.15 Å². The van der Waals surface area contributed by atoms with Gasteiger partial charge in [-0.25, -0.2) is 14.2 Å². The summed E-state index contributed by atoms with van der Waals surface area (Å²) in [5.74, 6) is -1.13. The van der Waals surface area contributed by atoms with Crippen LogP contribution in [0.4, 0.5) is 4.39 Å². The second kappa shape index (κ2) is 6.56. The van der Waals surface area contributed by atoms with Gasteiger partial charge in [0, 0.05) is 15.8 Å². The molecule has 1 N–H and O–H groups in total. The van der Waals surface area contributed by atoms with Crippen molar-refractivity contribution in [3.63, 3.8) is 0 Å². The number of H-pyrrole nitrogens is 1. The molecule has 0 bridgehead atoms. The number of hydrogen-bond donors (Lipinski definition) is 1. The number of halogens is 1. The van der Waals surface area contributed by atoms with Crippen molar-refractivity contribution in [1.82, 2.24) is 9.97 Å². The quantitative estimate of drug-likeness (QED) is 0.503. The molecule has 0 aliphatic heterocycles. The molecule has 0 aliphatic rings. The zero-order valence-electron chi connectivity index (χ0n) is 15.7. The SMILES string of the molecule is Cc1sc2nc(C(C)OC(=O)c3oc4c(F)cccc4c3C)[nH]c(=O)c2c1C. The number of nitrogens with zero attached hydrogens (tertiary/aromatic N) is 1. The molecule has 4 rings (SSSR count). The van der Waals surface area contributed by atoms with Crippen LogP contribution in [-0.2, 0) is 4.74 Å². The first kappa shape index (κ1) is 18.4. The molecule has 3 aromatic heterocycles. The average molecular weight is 400 g/mol. The minimum atomic E-state index is -0.815. The molecule has 0 fully saturated rings.